The van der Waals surface area contributed by atoms with E-state index in [-0.39, 0.29) is 11.8 Å². The molecule has 3 heterocycles. The fourth-order valence-electron chi connectivity index (χ4n) is 6.31. The maximum atomic E-state index is 13.2. The van der Waals surface area contributed by atoms with Gasteiger partial charge in [0.15, 0.2) is 0 Å². The highest BCUT2D eigenvalue weighted by Crippen LogP contribution is 2.49. The highest BCUT2D eigenvalue weighted by molar-refractivity contribution is 7.85. The van der Waals surface area contributed by atoms with Crippen LogP contribution < -0.4 is 0 Å². The van der Waals surface area contributed by atoms with Gasteiger partial charge in [-0.05, 0) is 73.1 Å². The number of benzene rings is 1. The third-order valence-electron chi connectivity index (χ3n) is 7.30. The Morgan fingerprint density at radius 2 is 1.83 bits per heavy atom. The number of aromatic amines is 1. The number of carbonyl (C=O) groups is 1. The van der Waals surface area contributed by atoms with Gasteiger partial charge in [0.05, 0.1) is 0 Å². The molecule has 4 bridgehead atoms. The highest BCUT2D eigenvalue weighted by atomic mass is 32.2. The van der Waals surface area contributed by atoms with Crippen molar-refractivity contribution in [2.45, 2.75) is 69.2 Å². The van der Waals surface area contributed by atoms with Crippen LogP contribution in [0.15, 0.2) is 24.4 Å². The van der Waals surface area contributed by atoms with Crippen LogP contribution in [0.1, 0.15) is 62.5 Å². The van der Waals surface area contributed by atoms with Crippen molar-refractivity contribution < 1.29 is 17.8 Å². The van der Waals surface area contributed by atoms with Gasteiger partial charge in [-0.1, -0.05) is 13.0 Å². The average Bonchev–Trinajstić information content (AvgIpc) is 3.02. The molecule has 1 aromatic carbocycles. The van der Waals surface area contributed by atoms with E-state index in [9.17, 15) is 13.2 Å². The van der Waals surface area contributed by atoms with Crippen molar-refractivity contribution in [3.63, 3.8) is 0 Å². The molecule has 156 valence electrons. The molecule has 7 heteroatoms. The van der Waals surface area contributed by atoms with E-state index in [2.05, 4.69) is 16.8 Å². The Hall–Kier alpha value is -1.86. The maximum Gasteiger partial charge on any atom is 0.269 e. The first-order valence-corrected chi connectivity index (χ1v) is 12.2. The van der Waals surface area contributed by atoms with Gasteiger partial charge >= 0.3 is 0 Å². The molecule has 29 heavy (non-hydrogen) atoms. The Morgan fingerprint density at radius 1 is 1.17 bits per heavy atom. The summed E-state index contributed by atoms with van der Waals surface area (Å²) in [5.74, 6) is 1.55. The van der Waals surface area contributed by atoms with Gasteiger partial charge in [0.1, 0.15) is 5.75 Å². The first-order valence-electron chi connectivity index (χ1n) is 10.6. The van der Waals surface area contributed by atoms with Gasteiger partial charge < -0.3 is 9.88 Å². The van der Waals surface area contributed by atoms with E-state index in [1.807, 2.05) is 12.3 Å². The summed E-state index contributed by atoms with van der Waals surface area (Å²) in [6, 6.07) is 6.21. The van der Waals surface area contributed by atoms with E-state index in [1.165, 1.54) is 32.1 Å². The van der Waals surface area contributed by atoms with Gasteiger partial charge in [0, 0.05) is 35.6 Å². The van der Waals surface area contributed by atoms with Crippen LogP contribution in [-0.4, -0.2) is 40.8 Å². The Bertz CT molecular complexity index is 1030. The molecule has 2 N–H and O–H groups in total. The predicted octanol–water partition coefficient (Wildman–Crippen LogP) is 3.84. The summed E-state index contributed by atoms with van der Waals surface area (Å²) < 4.78 is 31.6. The minimum Gasteiger partial charge on any atom is -0.361 e. The number of nitrogens with zero attached hydrogens (tertiary/aromatic N) is 1. The Balaban J connectivity index is 1.35. The van der Waals surface area contributed by atoms with Crippen molar-refractivity contribution in [1.29, 1.82) is 0 Å². The molecule has 6 nitrogen and oxygen atoms in total. The lowest BCUT2D eigenvalue weighted by Gasteiger charge is -2.56. The molecule has 2 aromatic rings. The van der Waals surface area contributed by atoms with E-state index in [4.69, 9.17) is 4.55 Å². The SMILES string of the molecule is CC(CC(=O)N1C2CC3CC(C2)CC1C3)c1c[nH]c2ccc(CS(=O)(=O)O)cc12. The zero-order chi connectivity index (χ0) is 20.3. The average molecular weight is 417 g/mol. The number of carbonyl (C=O) groups excluding carboxylic acids is 1. The molecule has 1 atom stereocenters. The Labute approximate surface area is 171 Å². The molecule has 1 aromatic heterocycles. The summed E-state index contributed by atoms with van der Waals surface area (Å²) in [5.41, 5.74) is 2.48. The normalized spacial score (nSPS) is 29.5. The fraction of sp³-hybridized carbons (Fsp3) is 0.591. The second-order valence-electron chi connectivity index (χ2n) is 9.47. The van der Waals surface area contributed by atoms with E-state index in [0.29, 0.717) is 24.1 Å². The van der Waals surface area contributed by atoms with E-state index >= 15 is 0 Å². The zero-order valence-electron chi connectivity index (χ0n) is 16.7. The van der Waals surface area contributed by atoms with Crippen molar-refractivity contribution in [2.24, 2.45) is 11.8 Å². The lowest BCUT2D eigenvalue weighted by molar-refractivity contribution is -0.149. The van der Waals surface area contributed by atoms with Crippen molar-refractivity contribution in [3.05, 3.63) is 35.5 Å². The van der Waals surface area contributed by atoms with E-state index in [1.54, 1.807) is 12.1 Å². The van der Waals surface area contributed by atoms with Crippen LogP contribution in [0.25, 0.3) is 10.9 Å². The lowest BCUT2D eigenvalue weighted by atomic mass is 9.63. The predicted molar refractivity (Wildman–Crippen MR) is 111 cm³/mol. The number of nitrogens with one attached hydrogen (secondary N) is 1. The number of hydrogen-bond acceptors (Lipinski definition) is 3. The van der Waals surface area contributed by atoms with Crippen LogP contribution in [0.2, 0.25) is 0 Å². The van der Waals surface area contributed by atoms with Crippen LogP contribution in [0.5, 0.6) is 0 Å². The number of aromatic nitrogens is 1. The molecule has 6 rings (SSSR count). The second-order valence-corrected chi connectivity index (χ2v) is 10.9. The molecule has 2 aliphatic heterocycles. The second kappa shape index (κ2) is 6.84. The maximum absolute atomic E-state index is 13.2. The van der Waals surface area contributed by atoms with Gasteiger partial charge in [-0.3, -0.25) is 9.35 Å². The summed E-state index contributed by atoms with van der Waals surface area (Å²) in [6.07, 6.45) is 8.48. The minimum atomic E-state index is -4.08. The molecule has 2 saturated carbocycles. The topological polar surface area (TPSA) is 90.5 Å². The highest BCUT2D eigenvalue weighted by Gasteiger charge is 2.48. The molecular weight excluding hydrogens is 388 g/mol. The van der Waals surface area contributed by atoms with Gasteiger partial charge in [-0.15, -0.1) is 0 Å². The number of rotatable bonds is 5. The van der Waals surface area contributed by atoms with Crippen molar-refractivity contribution in [2.75, 3.05) is 0 Å². The zero-order valence-corrected chi connectivity index (χ0v) is 17.5. The molecule has 4 aliphatic rings. The monoisotopic (exact) mass is 416 g/mol. The molecule has 1 unspecified atom stereocenters. The van der Waals surface area contributed by atoms with Crippen LogP contribution in [0, 0.1) is 11.8 Å². The van der Waals surface area contributed by atoms with Crippen LogP contribution >= 0.6 is 0 Å². The first kappa shape index (κ1) is 19.1. The van der Waals surface area contributed by atoms with E-state index < -0.39 is 15.9 Å². The van der Waals surface area contributed by atoms with Crippen molar-refractivity contribution in [1.82, 2.24) is 9.88 Å². The van der Waals surface area contributed by atoms with Crippen molar-refractivity contribution >= 4 is 26.9 Å². The number of H-pyrrole nitrogens is 1. The largest absolute Gasteiger partial charge is 0.361 e. The van der Waals surface area contributed by atoms with Crippen LogP contribution in [0.3, 0.4) is 0 Å². The smallest absolute Gasteiger partial charge is 0.269 e. The molecular formula is C22H28N2O4S. The number of fused-ring (bicyclic) bond motifs is 1. The Kier molecular flexibility index (Phi) is 4.51. The fourth-order valence-corrected chi connectivity index (χ4v) is 6.92. The third-order valence-corrected chi connectivity index (χ3v) is 8.00. The molecule has 0 radical (unpaired) electrons. The summed E-state index contributed by atoms with van der Waals surface area (Å²) in [4.78, 5) is 18.7. The summed E-state index contributed by atoms with van der Waals surface area (Å²) in [5, 5.41) is 0.923. The van der Waals surface area contributed by atoms with Gasteiger partial charge in [0.2, 0.25) is 5.91 Å². The molecule has 0 spiro atoms. The molecule has 2 saturated heterocycles. The van der Waals surface area contributed by atoms with Gasteiger partial charge in [-0.2, -0.15) is 8.42 Å². The first-order chi connectivity index (χ1) is 13.8. The quantitative estimate of drug-likeness (QED) is 0.725. The summed E-state index contributed by atoms with van der Waals surface area (Å²) >= 11 is 0. The lowest BCUT2D eigenvalue weighted by Crippen LogP contribution is -2.59. The van der Waals surface area contributed by atoms with E-state index in [0.717, 1.165) is 28.3 Å². The van der Waals surface area contributed by atoms with Gasteiger partial charge in [-0.25, -0.2) is 0 Å². The van der Waals surface area contributed by atoms with Crippen LogP contribution in [0.4, 0.5) is 0 Å². The van der Waals surface area contributed by atoms with Crippen LogP contribution in [-0.2, 0) is 20.7 Å². The summed E-state index contributed by atoms with van der Waals surface area (Å²) in [6.45, 7) is 2.06. The summed E-state index contributed by atoms with van der Waals surface area (Å²) in [7, 11) is -4.08. The minimum absolute atomic E-state index is 0.0365. The standard InChI is InChI=1S/C22H28N2O4S/c1-13(4-22(25)24-17-6-15-5-16(8-17)9-18(24)7-15)20-11-23-21-3-2-14(10-19(20)21)12-29(26,27)28/h2-3,10-11,13,15-18,23H,4-9,12H2,1H3,(H,26,27,28). The number of piperidine rings is 2. The number of amides is 1. The third kappa shape index (κ3) is 3.59. The number of hydrogen-bond donors (Lipinski definition) is 2. The van der Waals surface area contributed by atoms with Gasteiger partial charge in [0.25, 0.3) is 10.1 Å². The molecule has 1 amide bonds. The molecule has 2 aliphatic carbocycles. The molecule has 4 fully saturated rings. The Morgan fingerprint density at radius 3 is 2.45 bits per heavy atom. The van der Waals surface area contributed by atoms with Crippen molar-refractivity contribution in [3.8, 4) is 0 Å².